The molecule has 1 N–H and O–H groups in total. The van der Waals surface area contributed by atoms with Gasteiger partial charge in [-0.05, 0) is 59.6 Å². The SMILES string of the molecule is CCCCOCCCNCc1cccc(Oc2nnnn2-c2ccccc2)c1. The molecule has 0 unspecified atom stereocenters. The summed E-state index contributed by atoms with van der Waals surface area (Å²) < 4.78 is 13.0. The van der Waals surface area contributed by atoms with Crippen LogP contribution in [0.5, 0.6) is 11.8 Å². The van der Waals surface area contributed by atoms with Crippen molar-refractivity contribution in [2.24, 2.45) is 0 Å². The van der Waals surface area contributed by atoms with E-state index in [9.17, 15) is 0 Å². The first-order valence-electron chi connectivity index (χ1n) is 9.76. The first-order valence-corrected chi connectivity index (χ1v) is 9.76. The quantitative estimate of drug-likeness (QED) is 0.482. The molecule has 0 fully saturated rings. The third-order valence-corrected chi connectivity index (χ3v) is 4.16. The summed E-state index contributed by atoms with van der Waals surface area (Å²) in [5, 5.41) is 15.2. The number of rotatable bonds is 12. The predicted octanol–water partition coefficient (Wildman–Crippen LogP) is 3.75. The van der Waals surface area contributed by atoms with Crippen molar-refractivity contribution in [1.29, 1.82) is 0 Å². The molecule has 148 valence electrons. The Bertz CT molecular complexity index is 822. The van der Waals surface area contributed by atoms with Gasteiger partial charge in [-0.15, -0.1) is 0 Å². The molecule has 2 aromatic carbocycles. The molecule has 1 heterocycles. The topological polar surface area (TPSA) is 74.1 Å². The number of nitrogens with zero attached hydrogens (tertiary/aromatic N) is 4. The summed E-state index contributed by atoms with van der Waals surface area (Å²) in [6.07, 6.45) is 3.31. The monoisotopic (exact) mass is 381 g/mol. The highest BCUT2D eigenvalue weighted by Crippen LogP contribution is 2.22. The van der Waals surface area contributed by atoms with Crippen LogP contribution < -0.4 is 10.1 Å². The van der Waals surface area contributed by atoms with Gasteiger partial charge in [0.25, 0.3) is 0 Å². The van der Waals surface area contributed by atoms with Gasteiger partial charge in [0.15, 0.2) is 0 Å². The van der Waals surface area contributed by atoms with Crippen LogP contribution in [0.25, 0.3) is 5.69 Å². The fourth-order valence-electron chi connectivity index (χ4n) is 2.68. The van der Waals surface area contributed by atoms with Gasteiger partial charge < -0.3 is 14.8 Å². The lowest BCUT2D eigenvalue weighted by molar-refractivity contribution is 0.129. The fourth-order valence-corrected chi connectivity index (χ4v) is 2.68. The Morgan fingerprint density at radius 3 is 2.71 bits per heavy atom. The second kappa shape index (κ2) is 11.2. The van der Waals surface area contributed by atoms with E-state index in [4.69, 9.17) is 9.47 Å². The van der Waals surface area contributed by atoms with Gasteiger partial charge in [-0.1, -0.05) is 48.8 Å². The zero-order chi connectivity index (χ0) is 19.4. The molecule has 0 aliphatic rings. The minimum atomic E-state index is 0.334. The van der Waals surface area contributed by atoms with Gasteiger partial charge in [-0.2, -0.15) is 4.68 Å². The van der Waals surface area contributed by atoms with Gasteiger partial charge in [-0.25, -0.2) is 0 Å². The molecule has 28 heavy (non-hydrogen) atoms. The Kier molecular flexibility index (Phi) is 7.96. The number of ether oxygens (including phenoxy) is 2. The maximum atomic E-state index is 5.91. The van der Waals surface area contributed by atoms with Crippen molar-refractivity contribution in [3.63, 3.8) is 0 Å². The highest BCUT2D eigenvalue weighted by molar-refractivity contribution is 5.34. The molecule has 0 aliphatic heterocycles. The van der Waals surface area contributed by atoms with E-state index in [1.807, 2.05) is 48.5 Å². The smallest absolute Gasteiger partial charge is 0.345 e. The highest BCUT2D eigenvalue weighted by Gasteiger charge is 2.10. The molecule has 1 aromatic heterocycles. The summed E-state index contributed by atoms with van der Waals surface area (Å²) in [6, 6.07) is 17.9. The Balaban J connectivity index is 1.49. The van der Waals surface area contributed by atoms with Crippen LogP contribution in [0.3, 0.4) is 0 Å². The second-order valence-electron chi connectivity index (χ2n) is 6.45. The van der Waals surface area contributed by atoms with Gasteiger partial charge in [0, 0.05) is 19.8 Å². The van der Waals surface area contributed by atoms with Gasteiger partial charge in [-0.3, -0.25) is 0 Å². The molecule has 0 atom stereocenters. The predicted molar refractivity (Wildman–Crippen MR) is 108 cm³/mol. The van der Waals surface area contributed by atoms with E-state index in [1.54, 1.807) is 4.68 Å². The largest absolute Gasteiger partial charge is 0.423 e. The molecule has 7 heteroatoms. The maximum absolute atomic E-state index is 5.91. The van der Waals surface area contributed by atoms with Crippen molar-refractivity contribution < 1.29 is 9.47 Å². The Morgan fingerprint density at radius 2 is 1.86 bits per heavy atom. The van der Waals surface area contributed by atoms with E-state index in [0.29, 0.717) is 11.8 Å². The van der Waals surface area contributed by atoms with Crippen molar-refractivity contribution in [1.82, 2.24) is 25.5 Å². The van der Waals surface area contributed by atoms with Gasteiger partial charge in [0.2, 0.25) is 0 Å². The second-order valence-corrected chi connectivity index (χ2v) is 6.45. The van der Waals surface area contributed by atoms with Crippen LogP contribution >= 0.6 is 0 Å². The molecular weight excluding hydrogens is 354 g/mol. The molecular formula is C21H27N5O2. The van der Waals surface area contributed by atoms with Crippen molar-refractivity contribution >= 4 is 0 Å². The van der Waals surface area contributed by atoms with Gasteiger partial charge >= 0.3 is 6.01 Å². The molecule has 0 spiro atoms. The number of hydrogen-bond acceptors (Lipinski definition) is 6. The highest BCUT2D eigenvalue weighted by atomic mass is 16.5. The van der Waals surface area contributed by atoms with E-state index < -0.39 is 0 Å². The number of aromatic nitrogens is 4. The van der Waals surface area contributed by atoms with Crippen molar-refractivity contribution in [2.45, 2.75) is 32.7 Å². The molecule has 3 rings (SSSR count). The molecule has 0 bridgehead atoms. The average molecular weight is 381 g/mol. The molecule has 0 aliphatic carbocycles. The van der Waals surface area contributed by atoms with Crippen LogP contribution in [0, 0.1) is 0 Å². The summed E-state index contributed by atoms with van der Waals surface area (Å²) in [5.41, 5.74) is 1.99. The normalized spacial score (nSPS) is 10.9. The standard InChI is InChI=1S/C21H27N5O2/c1-2-3-14-27-15-8-13-22-17-18-9-7-12-20(16-18)28-21-23-24-25-26(21)19-10-5-4-6-11-19/h4-7,9-12,16,22H,2-3,8,13-15,17H2,1H3. The lowest BCUT2D eigenvalue weighted by atomic mass is 10.2. The minimum Gasteiger partial charge on any atom is -0.423 e. The van der Waals surface area contributed by atoms with E-state index in [2.05, 4.69) is 33.8 Å². The lowest BCUT2D eigenvalue weighted by Gasteiger charge is -2.09. The summed E-state index contributed by atoms with van der Waals surface area (Å²) in [4.78, 5) is 0. The Labute approximate surface area is 165 Å². The van der Waals surface area contributed by atoms with Crippen LogP contribution in [0.1, 0.15) is 31.7 Å². The van der Waals surface area contributed by atoms with Crippen LogP contribution in [0.2, 0.25) is 0 Å². The van der Waals surface area contributed by atoms with Crippen molar-refractivity contribution in [3.05, 3.63) is 60.2 Å². The zero-order valence-electron chi connectivity index (χ0n) is 16.3. The molecule has 0 radical (unpaired) electrons. The summed E-state index contributed by atoms with van der Waals surface area (Å²) in [7, 11) is 0. The van der Waals surface area contributed by atoms with Gasteiger partial charge in [0.05, 0.1) is 5.69 Å². The molecule has 7 nitrogen and oxygen atoms in total. The average Bonchev–Trinajstić information content (AvgIpc) is 3.19. The van der Waals surface area contributed by atoms with Crippen molar-refractivity contribution in [2.75, 3.05) is 19.8 Å². The number of nitrogens with one attached hydrogen (secondary N) is 1. The Morgan fingerprint density at radius 1 is 1.00 bits per heavy atom. The number of hydrogen-bond donors (Lipinski definition) is 1. The maximum Gasteiger partial charge on any atom is 0.345 e. The first kappa shape index (κ1) is 20.0. The summed E-state index contributed by atoms with van der Waals surface area (Å²) in [5.74, 6) is 0.703. The molecule has 0 amide bonds. The van der Waals surface area contributed by atoms with Crippen molar-refractivity contribution in [3.8, 4) is 17.4 Å². The van der Waals surface area contributed by atoms with Crippen LogP contribution in [0.15, 0.2) is 54.6 Å². The first-order chi connectivity index (χ1) is 13.9. The van der Waals surface area contributed by atoms with E-state index in [-0.39, 0.29) is 0 Å². The molecule has 3 aromatic rings. The van der Waals surface area contributed by atoms with Crippen LogP contribution in [-0.2, 0) is 11.3 Å². The molecule has 0 saturated heterocycles. The Hall–Kier alpha value is -2.77. The number of benzene rings is 2. The number of tetrazole rings is 1. The van der Waals surface area contributed by atoms with E-state index >= 15 is 0 Å². The van der Waals surface area contributed by atoms with Crippen LogP contribution in [-0.4, -0.2) is 40.0 Å². The summed E-state index contributed by atoms with van der Waals surface area (Å²) >= 11 is 0. The number of para-hydroxylation sites is 1. The summed E-state index contributed by atoms with van der Waals surface area (Å²) in [6.45, 7) is 5.53. The fraction of sp³-hybridized carbons (Fsp3) is 0.381. The minimum absolute atomic E-state index is 0.334. The van der Waals surface area contributed by atoms with Gasteiger partial charge in [0.1, 0.15) is 5.75 Å². The van der Waals surface area contributed by atoms with E-state index in [1.165, 1.54) is 6.42 Å². The van der Waals surface area contributed by atoms with Crippen LogP contribution in [0.4, 0.5) is 0 Å². The van der Waals surface area contributed by atoms with E-state index in [0.717, 1.165) is 50.4 Å². The number of unbranched alkanes of at least 4 members (excludes halogenated alkanes) is 1. The lowest BCUT2D eigenvalue weighted by Crippen LogP contribution is -2.16. The third-order valence-electron chi connectivity index (χ3n) is 4.16. The zero-order valence-corrected chi connectivity index (χ0v) is 16.3. The third kappa shape index (κ3) is 6.14. The molecule has 0 saturated carbocycles.